The Kier molecular flexibility index (Phi) is 4.07. The molecule has 5 heteroatoms. The van der Waals surface area contributed by atoms with Gasteiger partial charge in [-0.25, -0.2) is 4.98 Å². The summed E-state index contributed by atoms with van der Waals surface area (Å²) in [6.45, 7) is 2.10. The first-order chi connectivity index (χ1) is 8.70. The maximum atomic E-state index is 5.71. The van der Waals surface area contributed by atoms with Crippen LogP contribution in [0.5, 0.6) is 0 Å². The van der Waals surface area contributed by atoms with Crippen molar-refractivity contribution in [2.24, 2.45) is 12.8 Å². The lowest BCUT2D eigenvalue weighted by Gasteiger charge is -2.17. The van der Waals surface area contributed by atoms with Gasteiger partial charge in [0.1, 0.15) is 5.82 Å². The van der Waals surface area contributed by atoms with Crippen molar-refractivity contribution in [2.45, 2.75) is 19.6 Å². The first kappa shape index (κ1) is 12.7. The highest BCUT2D eigenvalue weighted by molar-refractivity contribution is 5.19. The van der Waals surface area contributed by atoms with Crippen molar-refractivity contribution in [3.8, 4) is 0 Å². The van der Waals surface area contributed by atoms with E-state index in [1.165, 1.54) is 0 Å². The summed E-state index contributed by atoms with van der Waals surface area (Å²) in [6.07, 6.45) is 5.58. The van der Waals surface area contributed by atoms with Crippen LogP contribution in [0.3, 0.4) is 0 Å². The Balaban J connectivity index is 2.03. The third kappa shape index (κ3) is 2.94. The van der Waals surface area contributed by atoms with Gasteiger partial charge in [-0.15, -0.1) is 0 Å². The van der Waals surface area contributed by atoms with E-state index in [1.54, 1.807) is 0 Å². The van der Waals surface area contributed by atoms with Crippen molar-refractivity contribution < 1.29 is 0 Å². The molecule has 5 nitrogen and oxygen atoms in total. The predicted molar refractivity (Wildman–Crippen MR) is 70.5 cm³/mol. The van der Waals surface area contributed by atoms with E-state index < -0.39 is 0 Å². The molecule has 0 radical (unpaired) electrons. The minimum Gasteiger partial charge on any atom is -0.337 e. The molecule has 0 amide bonds. The molecule has 96 valence electrons. The molecule has 2 rings (SSSR count). The first-order valence-electron chi connectivity index (χ1n) is 5.98. The molecule has 0 aliphatic rings. The van der Waals surface area contributed by atoms with Gasteiger partial charge in [0.15, 0.2) is 0 Å². The smallest absolute Gasteiger partial charge is 0.122 e. The Labute approximate surface area is 107 Å². The molecule has 2 aromatic rings. The van der Waals surface area contributed by atoms with E-state index in [0.29, 0.717) is 6.54 Å². The Bertz CT molecular complexity index is 506. The molecule has 0 saturated heterocycles. The Morgan fingerprint density at radius 3 is 2.78 bits per heavy atom. The van der Waals surface area contributed by atoms with Crippen molar-refractivity contribution in [1.82, 2.24) is 19.4 Å². The van der Waals surface area contributed by atoms with Crippen LogP contribution >= 0.6 is 0 Å². The number of nitrogens with two attached hydrogens (primary N) is 1. The summed E-state index contributed by atoms with van der Waals surface area (Å²) in [6, 6.07) is 3.95. The van der Waals surface area contributed by atoms with E-state index >= 15 is 0 Å². The molecule has 0 atom stereocenters. The van der Waals surface area contributed by atoms with Crippen molar-refractivity contribution in [3.05, 3.63) is 47.8 Å². The minimum atomic E-state index is 0.527. The molecule has 0 unspecified atom stereocenters. The van der Waals surface area contributed by atoms with Crippen LogP contribution in [0.4, 0.5) is 0 Å². The second kappa shape index (κ2) is 5.75. The maximum absolute atomic E-state index is 5.71. The minimum absolute atomic E-state index is 0.527. The highest BCUT2D eigenvalue weighted by Gasteiger charge is 2.08. The molecule has 2 heterocycles. The third-order valence-corrected chi connectivity index (χ3v) is 2.96. The number of hydrogen-bond acceptors (Lipinski definition) is 4. The fourth-order valence-electron chi connectivity index (χ4n) is 1.90. The van der Waals surface area contributed by atoms with Gasteiger partial charge >= 0.3 is 0 Å². The van der Waals surface area contributed by atoms with Gasteiger partial charge in [-0.1, -0.05) is 6.07 Å². The summed E-state index contributed by atoms with van der Waals surface area (Å²) >= 11 is 0. The number of imidazole rings is 1. The van der Waals surface area contributed by atoms with Crippen molar-refractivity contribution in [3.63, 3.8) is 0 Å². The quantitative estimate of drug-likeness (QED) is 0.850. The number of pyridine rings is 1. The van der Waals surface area contributed by atoms with E-state index in [2.05, 4.69) is 21.9 Å². The Hall–Kier alpha value is -1.72. The van der Waals surface area contributed by atoms with Gasteiger partial charge in [-0.2, -0.15) is 0 Å². The van der Waals surface area contributed by atoms with Crippen LogP contribution < -0.4 is 5.73 Å². The van der Waals surface area contributed by atoms with E-state index in [1.807, 2.05) is 42.3 Å². The highest BCUT2D eigenvalue weighted by Crippen LogP contribution is 2.09. The Morgan fingerprint density at radius 1 is 1.28 bits per heavy atom. The molecule has 2 aromatic heterocycles. The topological polar surface area (TPSA) is 60.0 Å². The molecule has 0 saturated carbocycles. The van der Waals surface area contributed by atoms with E-state index in [4.69, 9.17) is 5.73 Å². The average Bonchev–Trinajstić information content (AvgIpc) is 2.75. The van der Waals surface area contributed by atoms with Crippen LogP contribution in [0, 0.1) is 0 Å². The Morgan fingerprint density at radius 2 is 2.11 bits per heavy atom. The maximum Gasteiger partial charge on any atom is 0.122 e. The summed E-state index contributed by atoms with van der Waals surface area (Å²) < 4.78 is 2.03. The lowest BCUT2D eigenvalue weighted by molar-refractivity contribution is 0.302. The number of aromatic nitrogens is 3. The molecule has 0 fully saturated rings. The average molecular weight is 245 g/mol. The zero-order valence-electron chi connectivity index (χ0n) is 10.9. The van der Waals surface area contributed by atoms with Crippen LogP contribution in [0.1, 0.15) is 17.1 Å². The lowest BCUT2D eigenvalue weighted by atomic mass is 10.2. The molecule has 18 heavy (non-hydrogen) atoms. The second-order valence-electron chi connectivity index (χ2n) is 4.44. The van der Waals surface area contributed by atoms with Crippen LogP contribution in [0.2, 0.25) is 0 Å². The molecular weight excluding hydrogens is 226 g/mol. The molecule has 0 aliphatic carbocycles. The largest absolute Gasteiger partial charge is 0.337 e. The van der Waals surface area contributed by atoms with Crippen LogP contribution in [0.15, 0.2) is 30.7 Å². The van der Waals surface area contributed by atoms with E-state index in [9.17, 15) is 0 Å². The van der Waals surface area contributed by atoms with Gasteiger partial charge in [0.25, 0.3) is 0 Å². The SMILES string of the molecule is CN(Cc1ncccc1CN)Cc1nccn1C. The molecular formula is C13H19N5. The first-order valence-corrected chi connectivity index (χ1v) is 5.98. The monoisotopic (exact) mass is 245 g/mol. The number of hydrogen-bond donors (Lipinski definition) is 1. The normalized spacial score (nSPS) is 11.1. The summed E-state index contributed by atoms with van der Waals surface area (Å²) in [5, 5.41) is 0. The second-order valence-corrected chi connectivity index (χ2v) is 4.44. The summed E-state index contributed by atoms with van der Waals surface area (Å²) in [5.41, 5.74) is 7.85. The van der Waals surface area contributed by atoms with Crippen LogP contribution in [-0.4, -0.2) is 26.5 Å². The summed E-state index contributed by atoms with van der Waals surface area (Å²) in [5.74, 6) is 1.04. The summed E-state index contributed by atoms with van der Waals surface area (Å²) in [4.78, 5) is 10.9. The lowest BCUT2D eigenvalue weighted by Crippen LogP contribution is -2.21. The van der Waals surface area contributed by atoms with Gasteiger partial charge in [-0.3, -0.25) is 9.88 Å². The van der Waals surface area contributed by atoms with E-state index in [-0.39, 0.29) is 0 Å². The van der Waals surface area contributed by atoms with E-state index in [0.717, 1.165) is 30.2 Å². The fourth-order valence-corrected chi connectivity index (χ4v) is 1.90. The van der Waals surface area contributed by atoms with Gasteiger partial charge in [0, 0.05) is 38.7 Å². The highest BCUT2D eigenvalue weighted by atomic mass is 15.2. The standard InChI is InChI=1S/C13H19N5/c1-17(10-13-16-6-7-18(13)2)9-12-11(8-14)4-3-5-15-12/h3-7H,8-10,14H2,1-2H3. The van der Waals surface area contributed by atoms with Crippen molar-refractivity contribution in [1.29, 1.82) is 0 Å². The van der Waals surface area contributed by atoms with Crippen LogP contribution in [0.25, 0.3) is 0 Å². The van der Waals surface area contributed by atoms with Gasteiger partial charge in [0.05, 0.1) is 12.2 Å². The van der Waals surface area contributed by atoms with Crippen molar-refractivity contribution >= 4 is 0 Å². The summed E-state index contributed by atoms with van der Waals surface area (Å²) in [7, 11) is 4.06. The van der Waals surface area contributed by atoms with Gasteiger partial charge in [0.2, 0.25) is 0 Å². The zero-order chi connectivity index (χ0) is 13.0. The molecule has 0 spiro atoms. The molecule has 0 aliphatic heterocycles. The van der Waals surface area contributed by atoms with Gasteiger partial charge < -0.3 is 10.3 Å². The van der Waals surface area contributed by atoms with Crippen molar-refractivity contribution in [2.75, 3.05) is 7.05 Å². The molecule has 0 aromatic carbocycles. The number of rotatable bonds is 5. The number of aryl methyl sites for hydroxylation is 1. The zero-order valence-corrected chi connectivity index (χ0v) is 10.9. The number of nitrogens with zero attached hydrogens (tertiary/aromatic N) is 4. The van der Waals surface area contributed by atoms with Crippen LogP contribution in [-0.2, 0) is 26.7 Å². The predicted octanol–water partition coefficient (Wildman–Crippen LogP) is 0.906. The van der Waals surface area contributed by atoms with Gasteiger partial charge in [-0.05, 0) is 18.7 Å². The molecule has 2 N–H and O–H groups in total. The fraction of sp³-hybridized carbons (Fsp3) is 0.385. The molecule has 0 bridgehead atoms. The third-order valence-electron chi connectivity index (χ3n) is 2.96.